The van der Waals surface area contributed by atoms with E-state index < -0.39 is 0 Å². The van der Waals surface area contributed by atoms with Crippen LogP contribution in [0.15, 0.2) is 34.6 Å². The lowest BCUT2D eigenvalue weighted by atomic mass is 10.0. The van der Waals surface area contributed by atoms with E-state index in [0.29, 0.717) is 26.3 Å². The fourth-order valence-electron chi connectivity index (χ4n) is 3.61. The van der Waals surface area contributed by atoms with Gasteiger partial charge < -0.3 is 19.7 Å². The molecule has 0 spiro atoms. The predicted octanol–water partition coefficient (Wildman–Crippen LogP) is 3.69. The molecule has 1 N–H and O–H groups in total. The van der Waals surface area contributed by atoms with Crippen LogP contribution in [0, 0.1) is 5.82 Å². The van der Waals surface area contributed by atoms with Gasteiger partial charge in [0.2, 0.25) is 0 Å². The Balaban J connectivity index is 0.00000363. The van der Waals surface area contributed by atoms with E-state index >= 15 is 0 Å². The molecule has 2 heterocycles. The Morgan fingerprint density at radius 2 is 2.03 bits per heavy atom. The Kier molecular flexibility index (Phi) is 11.3. The number of aliphatic imine (C=N–C) groups is 1. The molecular weight excluding hydrogens is 544 g/mol. The van der Waals surface area contributed by atoms with E-state index in [1.807, 2.05) is 26.1 Å². The van der Waals surface area contributed by atoms with Gasteiger partial charge in [-0.2, -0.15) is 0 Å². The monoisotopic (exact) mass is 577 g/mol. The summed E-state index contributed by atoms with van der Waals surface area (Å²) in [7, 11) is 5.46. The summed E-state index contributed by atoms with van der Waals surface area (Å²) in [5.74, 6) is 0.563. The third-order valence-corrected chi connectivity index (χ3v) is 6.49. The van der Waals surface area contributed by atoms with Gasteiger partial charge in [-0.25, -0.2) is 9.37 Å². The standard InChI is InChI=1S/C22H32FN5O2S.HI/c1-16(29-4)21-26-19(15-31-21)14-27(3)22(24-2)25-13-20(28-9-11-30-12-10-28)17-5-7-18(23)8-6-17;/h5-8,15-16,20H,9-14H2,1-4H3,(H,24,25);1H. The van der Waals surface area contributed by atoms with E-state index in [9.17, 15) is 4.39 Å². The second kappa shape index (κ2) is 13.4. The third-order valence-electron chi connectivity index (χ3n) is 5.44. The fraction of sp³-hybridized carbons (Fsp3) is 0.545. The van der Waals surface area contributed by atoms with Gasteiger partial charge in [-0.3, -0.25) is 9.89 Å². The molecule has 178 valence electrons. The van der Waals surface area contributed by atoms with Crippen molar-refractivity contribution in [3.8, 4) is 0 Å². The molecule has 0 bridgehead atoms. The van der Waals surface area contributed by atoms with Gasteiger partial charge >= 0.3 is 0 Å². The first kappa shape index (κ1) is 26.9. The highest BCUT2D eigenvalue weighted by Crippen LogP contribution is 2.23. The number of aromatic nitrogens is 1. The second-order valence-corrected chi connectivity index (χ2v) is 8.44. The summed E-state index contributed by atoms with van der Waals surface area (Å²) in [6.45, 7) is 6.40. The molecule has 1 aliphatic heterocycles. The van der Waals surface area contributed by atoms with E-state index in [1.54, 1.807) is 25.5 Å². The van der Waals surface area contributed by atoms with Gasteiger partial charge in [0, 0.05) is 46.2 Å². The highest BCUT2D eigenvalue weighted by molar-refractivity contribution is 14.0. The Bertz CT molecular complexity index is 845. The summed E-state index contributed by atoms with van der Waals surface area (Å²) in [6.07, 6.45) is -0.00789. The number of benzene rings is 1. The zero-order valence-electron chi connectivity index (χ0n) is 19.1. The Labute approximate surface area is 211 Å². The Morgan fingerprint density at radius 3 is 2.66 bits per heavy atom. The topological polar surface area (TPSA) is 62.2 Å². The summed E-state index contributed by atoms with van der Waals surface area (Å²) in [4.78, 5) is 13.5. The number of thiazole rings is 1. The molecule has 1 aliphatic rings. The number of hydrogen-bond donors (Lipinski definition) is 1. The highest BCUT2D eigenvalue weighted by atomic mass is 127. The van der Waals surface area contributed by atoms with Crippen molar-refractivity contribution >= 4 is 41.3 Å². The molecule has 1 saturated heterocycles. The molecule has 1 fully saturated rings. The summed E-state index contributed by atoms with van der Waals surface area (Å²) < 4.78 is 24.3. The molecule has 2 unspecified atom stereocenters. The number of nitrogens with one attached hydrogen (secondary N) is 1. The number of ether oxygens (including phenoxy) is 2. The number of hydrogen-bond acceptors (Lipinski definition) is 6. The first-order valence-electron chi connectivity index (χ1n) is 10.5. The lowest BCUT2D eigenvalue weighted by Crippen LogP contribution is -2.46. The summed E-state index contributed by atoms with van der Waals surface area (Å²) in [6, 6.07) is 6.85. The number of halogens is 2. The minimum atomic E-state index is -0.224. The first-order chi connectivity index (χ1) is 15.0. The van der Waals surface area contributed by atoms with Crippen molar-refractivity contribution in [2.75, 3.05) is 54.1 Å². The smallest absolute Gasteiger partial charge is 0.193 e. The molecule has 2 aromatic rings. The number of morpholine rings is 1. The zero-order valence-corrected chi connectivity index (χ0v) is 22.2. The van der Waals surface area contributed by atoms with Crippen LogP contribution >= 0.6 is 35.3 Å². The molecule has 0 aliphatic carbocycles. The van der Waals surface area contributed by atoms with Crippen molar-refractivity contribution in [2.24, 2.45) is 4.99 Å². The number of guanidine groups is 1. The average Bonchev–Trinajstić information content (AvgIpc) is 3.26. The van der Waals surface area contributed by atoms with Crippen LogP contribution in [0.3, 0.4) is 0 Å². The van der Waals surface area contributed by atoms with Gasteiger partial charge in [0.05, 0.1) is 31.5 Å². The molecule has 0 amide bonds. The summed E-state index contributed by atoms with van der Waals surface area (Å²) >= 11 is 1.61. The van der Waals surface area contributed by atoms with Crippen LogP contribution < -0.4 is 5.32 Å². The normalized spacial score (nSPS) is 16.8. The quantitative estimate of drug-likeness (QED) is 0.294. The SMILES string of the molecule is CN=C(NCC(c1ccc(F)cc1)N1CCOCC1)N(C)Cc1csc(C(C)OC)n1.I. The average molecular weight is 578 g/mol. The lowest BCUT2D eigenvalue weighted by Gasteiger charge is -2.35. The van der Waals surface area contributed by atoms with Crippen LogP contribution in [-0.2, 0) is 16.0 Å². The van der Waals surface area contributed by atoms with E-state index in [-0.39, 0.29) is 41.9 Å². The molecule has 1 aromatic heterocycles. The minimum Gasteiger partial charge on any atom is -0.379 e. The maximum Gasteiger partial charge on any atom is 0.193 e. The molecule has 3 rings (SSSR count). The highest BCUT2D eigenvalue weighted by Gasteiger charge is 2.23. The van der Waals surface area contributed by atoms with Crippen LogP contribution in [-0.4, -0.2) is 74.8 Å². The summed E-state index contributed by atoms with van der Waals surface area (Å²) in [5.41, 5.74) is 2.06. The van der Waals surface area contributed by atoms with E-state index in [0.717, 1.165) is 35.3 Å². The van der Waals surface area contributed by atoms with Crippen molar-refractivity contribution in [2.45, 2.75) is 25.6 Å². The minimum absolute atomic E-state index is 0. The van der Waals surface area contributed by atoms with Crippen molar-refractivity contribution in [3.63, 3.8) is 0 Å². The van der Waals surface area contributed by atoms with Gasteiger partial charge in [-0.05, 0) is 24.6 Å². The molecule has 0 radical (unpaired) electrons. The van der Waals surface area contributed by atoms with Crippen molar-refractivity contribution in [1.82, 2.24) is 20.1 Å². The zero-order chi connectivity index (χ0) is 22.2. The Hall–Kier alpha value is -1.34. The van der Waals surface area contributed by atoms with Crippen molar-refractivity contribution < 1.29 is 13.9 Å². The molecular formula is C22H33FIN5O2S. The maximum atomic E-state index is 13.5. The predicted molar refractivity (Wildman–Crippen MR) is 137 cm³/mol. The molecule has 1 aromatic carbocycles. The van der Waals surface area contributed by atoms with Crippen molar-refractivity contribution in [3.05, 3.63) is 51.7 Å². The van der Waals surface area contributed by atoms with Crippen LogP contribution in [0.5, 0.6) is 0 Å². The van der Waals surface area contributed by atoms with Gasteiger partial charge in [0.1, 0.15) is 16.9 Å². The molecule has 7 nitrogen and oxygen atoms in total. The summed E-state index contributed by atoms with van der Waals surface area (Å²) in [5, 5.41) is 6.52. The number of rotatable bonds is 8. The first-order valence-corrected chi connectivity index (χ1v) is 11.4. The van der Waals surface area contributed by atoms with E-state index in [2.05, 4.69) is 30.5 Å². The molecule has 10 heteroatoms. The number of methoxy groups -OCH3 is 1. The van der Waals surface area contributed by atoms with E-state index in [4.69, 9.17) is 9.47 Å². The van der Waals surface area contributed by atoms with Gasteiger partial charge in [-0.1, -0.05) is 12.1 Å². The largest absolute Gasteiger partial charge is 0.379 e. The Morgan fingerprint density at radius 1 is 1.34 bits per heavy atom. The van der Waals surface area contributed by atoms with Gasteiger partial charge in [0.15, 0.2) is 5.96 Å². The maximum absolute atomic E-state index is 13.5. The molecule has 32 heavy (non-hydrogen) atoms. The second-order valence-electron chi connectivity index (χ2n) is 7.55. The van der Waals surface area contributed by atoms with Crippen LogP contribution in [0.2, 0.25) is 0 Å². The van der Waals surface area contributed by atoms with Crippen LogP contribution in [0.1, 0.15) is 35.3 Å². The lowest BCUT2D eigenvalue weighted by molar-refractivity contribution is 0.0169. The molecule has 2 atom stereocenters. The number of nitrogens with zero attached hydrogens (tertiary/aromatic N) is 4. The molecule has 0 saturated carbocycles. The van der Waals surface area contributed by atoms with Gasteiger partial charge in [0.25, 0.3) is 0 Å². The van der Waals surface area contributed by atoms with E-state index in [1.165, 1.54) is 12.1 Å². The fourth-order valence-corrected chi connectivity index (χ4v) is 4.45. The van der Waals surface area contributed by atoms with Crippen molar-refractivity contribution in [1.29, 1.82) is 0 Å². The third kappa shape index (κ3) is 7.34. The van der Waals surface area contributed by atoms with Gasteiger partial charge in [-0.15, -0.1) is 35.3 Å². The van der Waals surface area contributed by atoms with Crippen LogP contribution in [0.4, 0.5) is 4.39 Å². The van der Waals surface area contributed by atoms with Crippen LogP contribution in [0.25, 0.3) is 0 Å².